The number of aliphatic hydroxyl groups is 1. The summed E-state index contributed by atoms with van der Waals surface area (Å²) in [4.78, 5) is 0. The molecule has 0 saturated heterocycles. The predicted octanol–water partition coefficient (Wildman–Crippen LogP) is 6.58. The van der Waals surface area contributed by atoms with E-state index in [2.05, 4.69) is 0 Å². The minimum atomic E-state index is -3.45. The van der Waals surface area contributed by atoms with Crippen molar-refractivity contribution >= 4 is 12.7 Å². The van der Waals surface area contributed by atoms with Crippen molar-refractivity contribution in [3.05, 3.63) is 114 Å². The highest BCUT2D eigenvalue weighted by atomic mass is 31.2. The SMILES string of the molecule is COc1ccc(C(C2C=CC=C(O)C=C2)P2(=O)Oc3ccccc3-c3ccccc32)cc1. The number of para-hydroxylation sites is 1. The van der Waals surface area contributed by atoms with Crippen LogP contribution in [0, 0.1) is 5.92 Å². The Morgan fingerprint density at radius 2 is 1.66 bits per heavy atom. The molecule has 0 saturated carbocycles. The van der Waals surface area contributed by atoms with Crippen LogP contribution in [-0.4, -0.2) is 12.2 Å². The number of allylic oxidation sites excluding steroid dienone is 5. The molecule has 1 aliphatic carbocycles. The molecule has 1 N–H and O–H groups in total. The number of benzene rings is 3. The van der Waals surface area contributed by atoms with Gasteiger partial charge in [-0.1, -0.05) is 66.8 Å². The van der Waals surface area contributed by atoms with Gasteiger partial charge in [-0.2, -0.15) is 0 Å². The molecule has 3 atom stereocenters. The average Bonchev–Trinajstić information content (AvgIpc) is 3.04. The molecule has 1 aliphatic heterocycles. The summed E-state index contributed by atoms with van der Waals surface area (Å²) in [5.74, 6) is 1.25. The molecule has 4 nitrogen and oxygen atoms in total. The van der Waals surface area contributed by atoms with Crippen molar-refractivity contribution in [2.45, 2.75) is 5.66 Å². The van der Waals surface area contributed by atoms with E-state index in [9.17, 15) is 9.67 Å². The molecule has 0 bridgehead atoms. The van der Waals surface area contributed by atoms with E-state index in [0.717, 1.165) is 22.4 Å². The van der Waals surface area contributed by atoms with Gasteiger partial charge in [-0.25, -0.2) is 0 Å². The third-order valence-electron chi connectivity index (χ3n) is 5.93. The molecule has 32 heavy (non-hydrogen) atoms. The second-order valence-corrected chi connectivity index (χ2v) is 10.2. The third kappa shape index (κ3) is 3.47. The van der Waals surface area contributed by atoms with Crippen LogP contribution in [0.25, 0.3) is 11.1 Å². The zero-order valence-corrected chi connectivity index (χ0v) is 18.5. The minimum Gasteiger partial charge on any atom is -0.508 e. The quantitative estimate of drug-likeness (QED) is 0.464. The van der Waals surface area contributed by atoms with Crippen molar-refractivity contribution in [2.24, 2.45) is 5.92 Å². The zero-order chi connectivity index (χ0) is 22.1. The number of aliphatic hydroxyl groups excluding tert-OH is 1. The number of rotatable bonds is 4. The second kappa shape index (κ2) is 8.22. The van der Waals surface area contributed by atoms with Crippen molar-refractivity contribution in [1.82, 2.24) is 0 Å². The van der Waals surface area contributed by atoms with E-state index in [1.807, 2.05) is 84.9 Å². The van der Waals surface area contributed by atoms with Crippen LogP contribution in [0.3, 0.4) is 0 Å². The number of hydrogen-bond acceptors (Lipinski definition) is 4. The van der Waals surface area contributed by atoms with Gasteiger partial charge in [0.05, 0.1) is 18.1 Å². The van der Waals surface area contributed by atoms with Crippen molar-refractivity contribution < 1.29 is 18.9 Å². The fraction of sp³-hybridized carbons (Fsp3) is 0.111. The molecule has 5 heteroatoms. The number of ether oxygens (including phenoxy) is 1. The normalized spacial score (nSPS) is 22.0. The van der Waals surface area contributed by atoms with Gasteiger partial charge in [0, 0.05) is 11.5 Å². The first-order chi connectivity index (χ1) is 15.6. The number of methoxy groups -OCH3 is 1. The van der Waals surface area contributed by atoms with Gasteiger partial charge in [0.25, 0.3) is 7.37 Å². The van der Waals surface area contributed by atoms with Crippen LogP contribution in [0.4, 0.5) is 0 Å². The van der Waals surface area contributed by atoms with Crippen LogP contribution in [0.15, 0.2) is 109 Å². The topological polar surface area (TPSA) is 55.8 Å². The lowest BCUT2D eigenvalue weighted by atomic mass is 9.97. The lowest BCUT2D eigenvalue weighted by Gasteiger charge is -2.36. The van der Waals surface area contributed by atoms with Gasteiger partial charge in [-0.05, 0) is 47.5 Å². The largest absolute Gasteiger partial charge is 0.508 e. The highest BCUT2D eigenvalue weighted by molar-refractivity contribution is 7.68. The molecule has 0 aromatic heterocycles. The summed E-state index contributed by atoms with van der Waals surface area (Å²) in [6, 6.07) is 23.1. The second-order valence-electron chi connectivity index (χ2n) is 7.83. The molecule has 0 amide bonds. The van der Waals surface area contributed by atoms with Gasteiger partial charge in [0.1, 0.15) is 17.3 Å². The lowest BCUT2D eigenvalue weighted by Crippen LogP contribution is -2.25. The number of hydrogen-bond donors (Lipinski definition) is 1. The Kier molecular flexibility index (Phi) is 5.24. The van der Waals surface area contributed by atoms with E-state index < -0.39 is 13.0 Å². The Balaban J connectivity index is 1.72. The summed E-state index contributed by atoms with van der Waals surface area (Å²) in [6.45, 7) is 0. The maximum absolute atomic E-state index is 15.0. The Bertz CT molecular complexity index is 1290. The molecule has 5 rings (SSSR count). The molecular weight excluding hydrogens is 419 g/mol. The minimum absolute atomic E-state index is 0.158. The van der Waals surface area contributed by atoms with Crippen LogP contribution < -0.4 is 14.6 Å². The molecule has 2 aliphatic rings. The molecule has 1 heterocycles. The highest BCUT2D eigenvalue weighted by Crippen LogP contribution is 2.66. The van der Waals surface area contributed by atoms with Crippen LogP contribution >= 0.6 is 7.37 Å². The molecule has 3 aromatic carbocycles. The van der Waals surface area contributed by atoms with E-state index >= 15 is 0 Å². The third-order valence-corrected chi connectivity index (χ3v) is 8.83. The lowest BCUT2D eigenvalue weighted by molar-refractivity contribution is 0.414. The average molecular weight is 442 g/mol. The smallest absolute Gasteiger partial charge is 0.286 e. The Labute approximate surface area is 187 Å². The molecule has 0 radical (unpaired) electrons. The van der Waals surface area contributed by atoms with Crippen LogP contribution in [-0.2, 0) is 4.57 Å². The first-order valence-corrected chi connectivity index (χ1v) is 12.2. The first-order valence-electron chi connectivity index (χ1n) is 10.5. The van der Waals surface area contributed by atoms with Gasteiger partial charge in [-0.15, -0.1) is 0 Å². The first kappa shape index (κ1) is 20.4. The zero-order valence-electron chi connectivity index (χ0n) is 17.6. The van der Waals surface area contributed by atoms with Crippen LogP contribution in [0.5, 0.6) is 11.5 Å². The summed E-state index contributed by atoms with van der Waals surface area (Å²) in [6.07, 6.45) is 8.92. The fourth-order valence-corrected chi connectivity index (χ4v) is 7.42. The van der Waals surface area contributed by atoms with Crippen molar-refractivity contribution in [3.8, 4) is 22.6 Å². The van der Waals surface area contributed by atoms with Gasteiger partial charge in [-0.3, -0.25) is 4.57 Å². The van der Waals surface area contributed by atoms with E-state index in [4.69, 9.17) is 9.26 Å². The monoisotopic (exact) mass is 442 g/mol. The summed E-state index contributed by atoms with van der Waals surface area (Å²) >= 11 is 0. The van der Waals surface area contributed by atoms with Crippen molar-refractivity contribution in [2.75, 3.05) is 7.11 Å². The molecule has 3 aromatic rings. The van der Waals surface area contributed by atoms with Crippen LogP contribution in [0.2, 0.25) is 0 Å². The van der Waals surface area contributed by atoms with Crippen molar-refractivity contribution in [3.63, 3.8) is 0 Å². The van der Waals surface area contributed by atoms with Gasteiger partial charge < -0.3 is 14.4 Å². The Morgan fingerprint density at radius 3 is 2.44 bits per heavy atom. The van der Waals surface area contributed by atoms with E-state index in [1.54, 1.807) is 25.3 Å². The van der Waals surface area contributed by atoms with Crippen molar-refractivity contribution in [1.29, 1.82) is 0 Å². The molecule has 160 valence electrons. The molecule has 0 spiro atoms. The van der Waals surface area contributed by atoms with Gasteiger partial charge >= 0.3 is 0 Å². The van der Waals surface area contributed by atoms with Gasteiger partial charge in [0.15, 0.2) is 0 Å². The van der Waals surface area contributed by atoms with Crippen LogP contribution in [0.1, 0.15) is 11.2 Å². The maximum atomic E-state index is 15.0. The summed E-state index contributed by atoms with van der Waals surface area (Å²) in [7, 11) is -1.82. The molecular formula is C27H23O4P. The van der Waals surface area contributed by atoms with E-state index in [1.165, 1.54) is 0 Å². The Hall–Kier alpha value is -3.49. The fourth-order valence-electron chi connectivity index (χ4n) is 4.41. The Morgan fingerprint density at radius 1 is 0.938 bits per heavy atom. The standard InChI is InChI=1S/C27H23O4P/c1-30-22-17-14-20(15-18-22)27(19-7-6-8-21(28)16-13-19)32(29)26-12-5-3-10-24(26)23-9-2-4-11-25(23)31-32/h2-19,27-28H,1H3. The molecule has 0 fully saturated rings. The summed E-state index contributed by atoms with van der Waals surface area (Å²) in [5, 5.41) is 10.7. The maximum Gasteiger partial charge on any atom is 0.286 e. The summed E-state index contributed by atoms with van der Waals surface area (Å²) in [5.41, 5.74) is 2.26. The molecule has 3 unspecified atom stereocenters. The highest BCUT2D eigenvalue weighted by Gasteiger charge is 2.46. The van der Waals surface area contributed by atoms with E-state index in [0.29, 0.717) is 11.1 Å². The summed E-state index contributed by atoms with van der Waals surface area (Å²) < 4.78 is 26.7. The number of fused-ring (bicyclic) bond motifs is 3. The van der Waals surface area contributed by atoms with Gasteiger partial charge in [0.2, 0.25) is 0 Å². The van der Waals surface area contributed by atoms with E-state index in [-0.39, 0.29) is 11.7 Å². The predicted molar refractivity (Wildman–Crippen MR) is 128 cm³/mol.